The first-order chi connectivity index (χ1) is 12.2. The predicted octanol–water partition coefficient (Wildman–Crippen LogP) is 3.07. The molecule has 7 nitrogen and oxygen atoms in total. The van der Waals surface area contributed by atoms with Crippen molar-refractivity contribution in [2.75, 3.05) is 26.2 Å². The number of aliphatic imine (C=N–C) groups is 1. The van der Waals surface area contributed by atoms with Crippen molar-refractivity contribution in [3.8, 4) is 0 Å². The highest BCUT2D eigenvalue weighted by Gasteiger charge is 2.20. The van der Waals surface area contributed by atoms with Crippen molar-refractivity contribution < 1.29 is 9.53 Å². The van der Waals surface area contributed by atoms with E-state index in [9.17, 15) is 4.79 Å². The first-order valence-corrected chi connectivity index (χ1v) is 9.91. The average Bonchev–Trinajstić information content (AvgIpc) is 2.85. The molecule has 0 unspecified atom stereocenters. The van der Waals surface area contributed by atoms with Crippen LogP contribution in [0.25, 0.3) is 0 Å². The van der Waals surface area contributed by atoms with E-state index in [1.54, 1.807) is 16.2 Å². The number of likely N-dealkylation sites (N-methyl/N-ethyl adjacent to an activating group) is 1. The Morgan fingerprint density at radius 2 is 1.96 bits per heavy atom. The third-order valence-electron chi connectivity index (χ3n) is 3.50. The van der Waals surface area contributed by atoms with Gasteiger partial charge in [0.05, 0.1) is 12.2 Å². The van der Waals surface area contributed by atoms with Gasteiger partial charge in [-0.15, -0.1) is 11.3 Å². The van der Waals surface area contributed by atoms with Crippen LogP contribution in [-0.4, -0.2) is 53.7 Å². The van der Waals surface area contributed by atoms with Gasteiger partial charge in [0.25, 0.3) is 0 Å². The van der Waals surface area contributed by atoms with Crippen molar-refractivity contribution >= 4 is 23.4 Å². The summed E-state index contributed by atoms with van der Waals surface area (Å²) in [5, 5.41) is 7.48. The maximum atomic E-state index is 12.2. The van der Waals surface area contributed by atoms with E-state index in [1.165, 1.54) is 4.88 Å². The summed E-state index contributed by atoms with van der Waals surface area (Å²) in [4.78, 5) is 24.1. The maximum Gasteiger partial charge on any atom is 0.410 e. The second kappa shape index (κ2) is 10.4. The minimum atomic E-state index is -0.488. The number of hydrogen-bond donors (Lipinski definition) is 2. The summed E-state index contributed by atoms with van der Waals surface area (Å²) in [5.74, 6) is 0.721. The number of ether oxygens (including phenoxy) is 1. The van der Waals surface area contributed by atoms with E-state index in [0.29, 0.717) is 26.2 Å². The van der Waals surface area contributed by atoms with Gasteiger partial charge >= 0.3 is 6.09 Å². The molecule has 0 atom stereocenters. The number of hydrogen-bond acceptors (Lipinski definition) is 5. The highest BCUT2D eigenvalue weighted by molar-refractivity contribution is 7.11. The number of guanidine groups is 1. The van der Waals surface area contributed by atoms with E-state index in [-0.39, 0.29) is 6.09 Å². The van der Waals surface area contributed by atoms with Gasteiger partial charge in [0, 0.05) is 31.1 Å². The fraction of sp³-hybridized carbons (Fsp3) is 0.722. The lowest BCUT2D eigenvalue weighted by molar-refractivity contribution is 0.0264. The third-order valence-corrected chi connectivity index (χ3v) is 4.55. The Labute approximate surface area is 161 Å². The number of nitrogens with one attached hydrogen (secondary N) is 2. The monoisotopic (exact) mass is 383 g/mol. The molecule has 0 spiro atoms. The van der Waals surface area contributed by atoms with Crippen LogP contribution < -0.4 is 10.6 Å². The summed E-state index contributed by atoms with van der Waals surface area (Å²) < 4.78 is 5.42. The molecular formula is C18H33N5O2S. The molecule has 1 aromatic heterocycles. The standard InChI is InChI=1S/C18H33N5O2S/c1-8-19-16(21-12-15-22-13(3)14(4)26-15)20-10-11-23(9-2)17(24)25-18(5,6)7/h8-12H2,1-7H3,(H2,19,20,21). The van der Waals surface area contributed by atoms with Crippen molar-refractivity contribution in [2.45, 2.75) is 60.6 Å². The molecule has 148 valence electrons. The number of nitrogens with zero attached hydrogens (tertiary/aromatic N) is 3. The summed E-state index contributed by atoms with van der Waals surface area (Å²) in [6.45, 7) is 16.7. The Kier molecular flexibility index (Phi) is 8.84. The zero-order valence-corrected chi connectivity index (χ0v) is 17.9. The van der Waals surface area contributed by atoms with Crippen molar-refractivity contribution in [3.05, 3.63) is 15.6 Å². The van der Waals surface area contributed by atoms with Crippen LogP contribution in [0.15, 0.2) is 4.99 Å². The molecule has 2 N–H and O–H groups in total. The molecule has 8 heteroatoms. The summed E-state index contributed by atoms with van der Waals surface area (Å²) in [6, 6.07) is 0. The van der Waals surface area contributed by atoms with E-state index in [4.69, 9.17) is 4.74 Å². The van der Waals surface area contributed by atoms with Crippen LogP contribution >= 0.6 is 11.3 Å². The number of carbonyl (C=O) groups excluding carboxylic acids is 1. The van der Waals surface area contributed by atoms with E-state index in [1.807, 2.05) is 41.5 Å². The topological polar surface area (TPSA) is 78.9 Å². The van der Waals surface area contributed by atoms with Crippen molar-refractivity contribution in [2.24, 2.45) is 4.99 Å². The summed E-state index contributed by atoms with van der Waals surface area (Å²) in [6.07, 6.45) is -0.294. The Morgan fingerprint density at radius 1 is 1.27 bits per heavy atom. The van der Waals surface area contributed by atoms with Gasteiger partial charge in [-0.2, -0.15) is 0 Å². The third kappa shape index (κ3) is 8.03. The molecule has 1 rings (SSSR count). The lowest BCUT2D eigenvalue weighted by Crippen LogP contribution is -2.44. The lowest BCUT2D eigenvalue weighted by Gasteiger charge is -2.26. The molecule has 0 saturated heterocycles. The van der Waals surface area contributed by atoms with Crippen LogP contribution in [0.5, 0.6) is 0 Å². The van der Waals surface area contributed by atoms with Crippen LogP contribution in [0, 0.1) is 13.8 Å². The van der Waals surface area contributed by atoms with Crippen molar-refractivity contribution in [1.29, 1.82) is 0 Å². The minimum Gasteiger partial charge on any atom is -0.444 e. The molecule has 1 amide bonds. The predicted molar refractivity (Wildman–Crippen MR) is 108 cm³/mol. The van der Waals surface area contributed by atoms with Gasteiger partial charge in [0.15, 0.2) is 5.96 Å². The molecule has 26 heavy (non-hydrogen) atoms. The lowest BCUT2D eigenvalue weighted by atomic mass is 10.2. The quantitative estimate of drug-likeness (QED) is 0.559. The van der Waals surface area contributed by atoms with Crippen LogP contribution in [-0.2, 0) is 11.3 Å². The molecule has 0 aliphatic carbocycles. The highest BCUT2D eigenvalue weighted by Crippen LogP contribution is 2.16. The number of aromatic nitrogens is 1. The van der Waals surface area contributed by atoms with Crippen molar-refractivity contribution in [1.82, 2.24) is 20.5 Å². The molecule has 0 aliphatic heterocycles. The smallest absolute Gasteiger partial charge is 0.410 e. The molecule has 1 heterocycles. The van der Waals surface area contributed by atoms with Crippen LogP contribution in [0.4, 0.5) is 4.79 Å². The first-order valence-electron chi connectivity index (χ1n) is 9.09. The molecule has 0 aromatic carbocycles. The average molecular weight is 384 g/mol. The maximum absolute atomic E-state index is 12.2. The van der Waals surface area contributed by atoms with Gasteiger partial charge in [-0.05, 0) is 48.5 Å². The largest absolute Gasteiger partial charge is 0.444 e. The zero-order chi connectivity index (χ0) is 19.7. The Morgan fingerprint density at radius 3 is 2.46 bits per heavy atom. The van der Waals surface area contributed by atoms with Crippen LogP contribution in [0.1, 0.15) is 50.2 Å². The molecule has 0 saturated carbocycles. The summed E-state index contributed by atoms with van der Waals surface area (Å²) in [5.41, 5.74) is 0.576. The fourth-order valence-corrected chi connectivity index (χ4v) is 2.97. The van der Waals surface area contributed by atoms with Gasteiger partial charge in [-0.3, -0.25) is 0 Å². The number of rotatable bonds is 7. The molecule has 0 aliphatic rings. The second-order valence-corrected chi connectivity index (χ2v) is 8.22. The van der Waals surface area contributed by atoms with E-state index >= 15 is 0 Å². The number of amides is 1. The van der Waals surface area contributed by atoms with Gasteiger partial charge in [0.2, 0.25) is 0 Å². The summed E-state index contributed by atoms with van der Waals surface area (Å²) in [7, 11) is 0. The fourth-order valence-electron chi connectivity index (χ4n) is 2.11. The zero-order valence-electron chi connectivity index (χ0n) is 17.1. The number of aryl methyl sites for hydroxylation is 2. The van der Waals surface area contributed by atoms with Gasteiger partial charge in [0.1, 0.15) is 10.6 Å². The van der Waals surface area contributed by atoms with E-state index in [2.05, 4.69) is 27.5 Å². The van der Waals surface area contributed by atoms with Gasteiger partial charge in [-0.25, -0.2) is 14.8 Å². The highest BCUT2D eigenvalue weighted by atomic mass is 32.1. The van der Waals surface area contributed by atoms with E-state index in [0.717, 1.165) is 23.2 Å². The molecule has 0 radical (unpaired) electrons. The number of carbonyl (C=O) groups is 1. The molecule has 0 fully saturated rings. The van der Waals surface area contributed by atoms with Crippen molar-refractivity contribution in [3.63, 3.8) is 0 Å². The Balaban J connectivity index is 2.56. The Bertz CT molecular complexity index is 588. The number of thiazole rings is 1. The summed E-state index contributed by atoms with van der Waals surface area (Å²) >= 11 is 1.67. The normalized spacial score (nSPS) is 12.0. The molecule has 1 aromatic rings. The van der Waals surface area contributed by atoms with Gasteiger partial charge in [-0.1, -0.05) is 0 Å². The molecule has 0 bridgehead atoms. The van der Waals surface area contributed by atoms with Gasteiger partial charge < -0.3 is 20.3 Å². The second-order valence-electron chi connectivity index (χ2n) is 6.93. The first kappa shape index (κ1) is 22.2. The Hall–Kier alpha value is -1.83. The van der Waals surface area contributed by atoms with Crippen LogP contribution in [0.3, 0.4) is 0 Å². The molecular weight excluding hydrogens is 350 g/mol. The van der Waals surface area contributed by atoms with E-state index < -0.39 is 5.60 Å². The van der Waals surface area contributed by atoms with Crippen LogP contribution in [0.2, 0.25) is 0 Å². The minimum absolute atomic E-state index is 0.294. The SMILES string of the molecule is CCNC(=NCc1nc(C)c(C)s1)NCCN(CC)C(=O)OC(C)(C)C.